The number of aromatic nitrogens is 2. The molecule has 8 nitrogen and oxygen atoms in total. The third kappa shape index (κ3) is 5.40. The maximum atomic E-state index is 14.4. The van der Waals surface area contributed by atoms with Gasteiger partial charge in [0.05, 0.1) is 41.6 Å². The van der Waals surface area contributed by atoms with Gasteiger partial charge in [0.1, 0.15) is 0 Å². The van der Waals surface area contributed by atoms with Gasteiger partial charge in [-0.1, -0.05) is 13.0 Å². The molecular weight excluding hydrogens is 449 g/mol. The predicted molar refractivity (Wildman–Crippen MR) is 135 cm³/mol. The van der Waals surface area contributed by atoms with E-state index in [1.54, 1.807) is 24.5 Å². The van der Waals surface area contributed by atoms with Crippen LogP contribution in [0.3, 0.4) is 0 Å². The molecule has 1 aromatic carbocycles. The number of benzene rings is 1. The topological polar surface area (TPSA) is 111 Å². The molecule has 4 rings (SSSR count). The minimum Gasteiger partial charge on any atom is -0.492 e. The molecule has 3 aromatic rings. The third-order valence-electron chi connectivity index (χ3n) is 6.29. The second-order valence-electron chi connectivity index (χ2n) is 8.79. The zero-order chi connectivity index (χ0) is 24.8. The van der Waals surface area contributed by atoms with E-state index in [-0.39, 0.29) is 18.3 Å². The molecule has 1 aliphatic heterocycles. The first-order valence-corrected chi connectivity index (χ1v) is 11.9. The van der Waals surface area contributed by atoms with Crippen LogP contribution >= 0.6 is 0 Å². The van der Waals surface area contributed by atoms with Crippen molar-refractivity contribution in [3.8, 4) is 17.0 Å². The summed E-state index contributed by atoms with van der Waals surface area (Å²) in [6.07, 6.45) is 6.85. The van der Waals surface area contributed by atoms with Crippen LogP contribution in [-0.4, -0.2) is 47.8 Å². The standard InChI is InChI=1S/C26H32FN5O3/c1-16(5-4-14-33)8-12-29-21-15-28-11-9-17(21)23-24(22-19(31-23)10-13-30-26(22)34)32-20-7-3-6-18(27)25(20)35-2/h3,6-7,9,11,15-16,29,31-33H,4-5,8,10,12-14H2,1-2H3,(H,30,34). The molecule has 35 heavy (non-hydrogen) atoms. The third-order valence-corrected chi connectivity index (χ3v) is 6.29. The molecule has 0 saturated heterocycles. The van der Waals surface area contributed by atoms with Gasteiger partial charge < -0.3 is 30.8 Å². The number of aliphatic hydroxyl groups excluding tert-OH is 1. The van der Waals surface area contributed by atoms with E-state index in [1.807, 2.05) is 6.07 Å². The number of carbonyl (C=O) groups is 1. The Bertz CT molecular complexity index is 1180. The maximum Gasteiger partial charge on any atom is 0.255 e. The van der Waals surface area contributed by atoms with E-state index in [0.29, 0.717) is 35.8 Å². The van der Waals surface area contributed by atoms with E-state index in [0.717, 1.165) is 48.4 Å². The van der Waals surface area contributed by atoms with Crippen molar-refractivity contribution < 1.29 is 19.0 Å². The highest BCUT2D eigenvalue weighted by molar-refractivity contribution is 6.07. The SMILES string of the molecule is COc1c(F)cccc1Nc1c(-c2ccncc2NCCC(C)CCCO)[nH]c2c1C(=O)NCC2. The summed E-state index contributed by atoms with van der Waals surface area (Å²) in [5.74, 6) is -0.120. The number of carbonyl (C=O) groups excluding carboxylic acids is 1. The van der Waals surface area contributed by atoms with Crippen molar-refractivity contribution in [3.05, 3.63) is 53.7 Å². The van der Waals surface area contributed by atoms with Crippen molar-refractivity contribution in [1.82, 2.24) is 15.3 Å². The lowest BCUT2D eigenvalue weighted by molar-refractivity contribution is 0.0947. The number of rotatable bonds is 11. The Morgan fingerprint density at radius 3 is 2.91 bits per heavy atom. The Morgan fingerprint density at radius 1 is 1.26 bits per heavy atom. The quantitative estimate of drug-likeness (QED) is 0.276. The molecule has 3 heterocycles. The van der Waals surface area contributed by atoms with Gasteiger partial charge in [-0.25, -0.2) is 4.39 Å². The van der Waals surface area contributed by atoms with Crippen molar-refractivity contribution in [2.75, 3.05) is 37.4 Å². The Morgan fingerprint density at radius 2 is 2.11 bits per heavy atom. The maximum absolute atomic E-state index is 14.4. The molecule has 5 N–H and O–H groups in total. The van der Waals surface area contributed by atoms with Crippen LogP contribution in [-0.2, 0) is 6.42 Å². The van der Waals surface area contributed by atoms with Gasteiger partial charge in [0.2, 0.25) is 0 Å². The molecule has 0 fully saturated rings. The van der Waals surface area contributed by atoms with Gasteiger partial charge in [0.15, 0.2) is 11.6 Å². The van der Waals surface area contributed by atoms with E-state index < -0.39 is 5.82 Å². The summed E-state index contributed by atoms with van der Waals surface area (Å²) in [7, 11) is 1.41. The number of para-hydroxylation sites is 1. The summed E-state index contributed by atoms with van der Waals surface area (Å²) in [5.41, 5.74) is 4.72. The Hall–Kier alpha value is -3.59. The average molecular weight is 482 g/mol. The summed E-state index contributed by atoms with van der Waals surface area (Å²) in [5, 5.41) is 18.7. The molecule has 1 atom stereocenters. The number of amides is 1. The Balaban J connectivity index is 1.70. The number of ether oxygens (including phenoxy) is 1. The van der Waals surface area contributed by atoms with Crippen LogP contribution in [0, 0.1) is 11.7 Å². The number of hydrogen-bond donors (Lipinski definition) is 5. The van der Waals surface area contributed by atoms with E-state index in [2.05, 4.69) is 32.8 Å². The van der Waals surface area contributed by atoms with Gasteiger partial charge in [0, 0.05) is 43.6 Å². The minimum atomic E-state index is -0.491. The largest absolute Gasteiger partial charge is 0.492 e. The van der Waals surface area contributed by atoms with E-state index >= 15 is 0 Å². The van der Waals surface area contributed by atoms with Crippen LogP contribution in [0.1, 0.15) is 42.2 Å². The highest BCUT2D eigenvalue weighted by Gasteiger charge is 2.28. The zero-order valence-electron chi connectivity index (χ0n) is 20.1. The molecule has 186 valence electrons. The number of halogens is 1. The lowest BCUT2D eigenvalue weighted by atomic mass is 10.0. The first-order valence-electron chi connectivity index (χ1n) is 11.9. The Kier molecular flexibility index (Phi) is 7.87. The monoisotopic (exact) mass is 481 g/mol. The van der Waals surface area contributed by atoms with Gasteiger partial charge in [-0.15, -0.1) is 0 Å². The van der Waals surface area contributed by atoms with Gasteiger partial charge >= 0.3 is 0 Å². The van der Waals surface area contributed by atoms with Gasteiger partial charge in [-0.3, -0.25) is 9.78 Å². The fourth-order valence-corrected chi connectivity index (χ4v) is 4.45. The number of anilines is 3. The molecule has 0 radical (unpaired) electrons. The number of methoxy groups -OCH3 is 1. The fraction of sp³-hybridized carbons (Fsp3) is 0.385. The average Bonchev–Trinajstić information content (AvgIpc) is 3.22. The summed E-state index contributed by atoms with van der Waals surface area (Å²) in [6, 6.07) is 6.53. The zero-order valence-corrected chi connectivity index (χ0v) is 20.1. The summed E-state index contributed by atoms with van der Waals surface area (Å²) >= 11 is 0. The van der Waals surface area contributed by atoms with Crippen molar-refractivity contribution >= 4 is 23.0 Å². The number of pyridine rings is 1. The smallest absolute Gasteiger partial charge is 0.255 e. The van der Waals surface area contributed by atoms with Crippen molar-refractivity contribution in [3.63, 3.8) is 0 Å². The summed E-state index contributed by atoms with van der Waals surface area (Å²) in [6.45, 7) is 3.67. The van der Waals surface area contributed by atoms with E-state index in [9.17, 15) is 9.18 Å². The van der Waals surface area contributed by atoms with Crippen LogP contribution < -0.4 is 20.7 Å². The number of aromatic amines is 1. The lowest BCUT2D eigenvalue weighted by Crippen LogP contribution is -2.31. The minimum absolute atomic E-state index is 0.0783. The normalized spacial score (nSPS) is 13.7. The molecule has 1 unspecified atom stereocenters. The van der Waals surface area contributed by atoms with Crippen LogP contribution in [0.4, 0.5) is 21.5 Å². The summed E-state index contributed by atoms with van der Waals surface area (Å²) in [4.78, 5) is 20.6. The van der Waals surface area contributed by atoms with Crippen LogP contribution in [0.15, 0.2) is 36.7 Å². The highest BCUT2D eigenvalue weighted by atomic mass is 19.1. The molecule has 0 saturated carbocycles. The Labute approximate surface area is 204 Å². The predicted octanol–water partition coefficient (Wildman–Crippen LogP) is 4.46. The van der Waals surface area contributed by atoms with Gasteiger partial charge in [-0.05, 0) is 43.4 Å². The number of fused-ring (bicyclic) bond motifs is 1. The molecule has 1 amide bonds. The lowest BCUT2D eigenvalue weighted by Gasteiger charge is -2.17. The second-order valence-corrected chi connectivity index (χ2v) is 8.79. The molecule has 0 aliphatic carbocycles. The number of H-pyrrole nitrogens is 1. The summed E-state index contributed by atoms with van der Waals surface area (Å²) < 4.78 is 19.7. The number of aliphatic hydroxyl groups is 1. The van der Waals surface area contributed by atoms with E-state index in [4.69, 9.17) is 9.84 Å². The second kappa shape index (κ2) is 11.2. The molecule has 0 spiro atoms. The van der Waals surface area contributed by atoms with Crippen molar-refractivity contribution in [2.24, 2.45) is 5.92 Å². The first-order chi connectivity index (χ1) is 17.0. The molecule has 0 bridgehead atoms. The van der Waals surface area contributed by atoms with E-state index in [1.165, 1.54) is 13.2 Å². The molecule has 2 aromatic heterocycles. The van der Waals surface area contributed by atoms with Crippen LogP contribution in [0.2, 0.25) is 0 Å². The highest BCUT2D eigenvalue weighted by Crippen LogP contribution is 2.41. The van der Waals surface area contributed by atoms with Crippen molar-refractivity contribution in [1.29, 1.82) is 0 Å². The molecule has 9 heteroatoms. The number of nitrogens with one attached hydrogen (secondary N) is 4. The van der Waals surface area contributed by atoms with Crippen LogP contribution in [0.5, 0.6) is 5.75 Å². The number of hydrogen-bond acceptors (Lipinski definition) is 6. The van der Waals surface area contributed by atoms with Gasteiger partial charge in [0.25, 0.3) is 5.91 Å². The molecule has 1 aliphatic rings. The number of nitrogens with zero attached hydrogens (tertiary/aromatic N) is 1. The van der Waals surface area contributed by atoms with Gasteiger partial charge in [-0.2, -0.15) is 0 Å². The first kappa shape index (κ1) is 24.5. The van der Waals surface area contributed by atoms with Crippen molar-refractivity contribution in [2.45, 2.75) is 32.6 Å². The fourth-order valence-electron chi connectivity index (χ4n) is 4.45. The van der Waals surface area contributed by atoms with Crippen LogP contribution in [0.25, 0.3) is 11.3 Å². The molecular formula is C26H32FN5O3.